The maximum atomic E-state index is 10.6. The van der Waals surface area contributed by atoms with E-state index in [1.54, 1.807) is 0 Å². The van der Waals surface area contributed by atoms with Crippen molar-refractivity contribution in [3.8, 4) is 0 Å². The number of H-pyrrole nitrogens is 1. The Morgan fingerprint density at radius 2 is 2.47 bits per heavy atom. The maximum absolute atomic E-state index is 10.6. The minimum Gasteiger partial charge on any atom is -0.446 e. The molecule has 2 rings (SSSR count). The fraction of sp³-hybridized carbons (Fsp3) is 0.600. The van der Waals surface area contributed by atoms with Gasteiger partial charge in [-0.2, -0.15) is 5.10 Å². The highest BCUT2D eigenvalue weighted by molar-refractivity contribution is 5.64. The fourth-order valence-electron chi connectivity index (χ4n) is 2.13. The number of nitrogens with zero attached hydrogens (tertiary/aromatic N) is 1. The van der Waals surface area contributed by atoms with Crippen LogP contribution in [0.2, 0.25) is 0 Å². The smallest absolute Gasteiger partial charge is 0.404 e. The summed E-state index contributed by atoms with van der Waals surface area (Å²) >= 11 is 0. The van der Waals surface area contributed by atoms with E-state index in [0.717, 1.165) is 30.7 Å². The highest BCUT2D eigenvalue weighted by Crippen LogP contribution is 2.35. The summed E-state index contributed by atoms with van der Waals surface area (Å²) < 4.78 is 4.97. The zero-order valence-corrected chi connectivity index (χ0v) is 8.69. The molecule has 1 aromatic heterocycles. The summed E-state index contributed by atoms with van der Waals surface area (Å²) in [5.41, 5.74) is 7.10. The molecule has 1 amide bonds. The zero-order valence-electron chi connectivity index (χ0n) is 8.69. The Bertz CT molecular complexity index is 361. The molecule has 1 fully saturated rings. The minimum absolute atomic E-state index is 0.0375. The van der Waals surface area contributed by atoms with Gasteiger partial charge in [0.05, 0.1) is 5.69 Å². The molecule has 0 saturated heterocycles. The van der Waals surface area contributed by atoms with Crippen molar-refractivity contribution < 1.29 is 9.53 Å². The number of amides is 1. The van der Waals surface area contributed by atoms with E-state index < -0.39 is 6.09 Å². The van der Waals surface area contributed by atoms with Crippen LogP contribution in [0.1, 0.15) is 36.6 Å². The van der Waals surface area contributed by atoms with Crippen molar-refractivity contribution in [1.82, 2.24) is 10.2 Å². The van der Waals surface area contributed by atoms with Crippen LogP contribution in [0.4, 0.5) is 4.79 Å². The summed E-state index contributed by atoms with van der Waals surface area (Å²) in [4.78, 5) is 10.6. The van der Waals surface area contributed by atoms with Crippen LogP contribution < -0.4 is 5.73 Å². The van der Waals surface area contributed by atoms with Gasteiger partial charge in [-0.15, -0.1) is 0 Å². The Hall–Kier alpha value is -1.52. The van der Waals surface area contributed by atoms with E-state index in [4.69, 9.17) is 10.5 Å². The lowest BCUT2D eigenvalue weighted by molar-refractivity contribution is 0.109. The van der Waals surface area contributed by atoms with E-state index in [0.29, 0.717) is 5.92 Å². The van der Waals surface area contributed by atoms with Gasteiger partial charge in [0.1, 0.15) is 6.10 Å². The molecular formula is C10H15N3O2. The highest BCUT2D eigenvalue weighted by atomic mass is 16.6. The molecule has 15 heavy (non-hydrogen) atoms. The van der Waals surface area contributed by atoms with Crippen molar-refractivity contribution in [2.75, 3.05) is 0 Å². The summed E-state index contributed by atoms with van der Waals surface area (Å²) in [6, 6.07) is 2.04. The number of carbonyl (C=O) groups is 1. The lowest BCUT2D eigenvalue weighted by Gasteiger charge is -2.09. The van der Waals surface area contributed by atoms with E-state index in [2.05, 4.69) is 10.2 Å². The van der Waals surface area contributed by atoms with Crippen molar-refractivity contribution in [3.63, 3.8) is 0 Å². The van der Waals surface area contributed by atoms with E-state index in [-0.39, 0.29) is 6.10 Å². The predicted octanol–water partition coefficient (Wildman–Crippen LogP) is 1.45. The van der Waals surface area contributed by atoms with Crippen molar-refractivity contribution in [1.29, 1.82) is 0 Å². The number of hydrogen-bond acceptors (Lipinski definition) is 3. The minimum atomic E-state index is -0.682. The third-order valence-corrected chi connectivity index (χ3v) is 2.81. The molecule has 1 aromatic rings. The molecule has 1 aliphatic rings. The topological polar surface area (TPSA) is 81.0 Å². The lowest BCUT2D eigenvalue weighted by atomic mass is 10.0. The van der Waals surface area contributed by atoms with Gasteiger partial charge in [0.2, 0.25) is 0 Å². The number of nitrogens with two attached hydrogens (primary N) is 1. The molecular weight excluding hydrogens is 194 g/mol. The van der Waals surface area contributed by atoms with Crippen LogP contribution in [-0.2, 0) is 4.74 Å². The number of nitrogens with one attached hydrogen (secondary N) is 1. The van der Waals surface area contributed by atoms with Crippen molar-refractivity contribution in [2.24, 2.45) is 5.73 Å². The largest absolute Gasteiger partial charge is 0.446 e. The van der Waals surface area contributed by atoms with Crippen LogP contribution in [0.3, 0.4) is 0 Å². The molecule has 0 radical (unpaired) electrons. The SMILES string of the molecule is Cc1cc(C2CCC(OC(N)=O)C2)n[nH]1. The van der Waals surface area contributed by atoms with Gasteiger partial charge >= 0.3 is 6.09 Å². The van der Waals surface area contributed by atoms with E-state index in [1.165, 1.54) is 0 Å². The summed E-state index contributed by atoms with van der Waals surface area (Å²) in [7, 11) is 0. The first kappa shape index (κ1) is 10.0. The van der Waals surface area contributed by atoms with E-state index in [1.807, 2.05) is 13.0 Å². The molecule has 2 atom stereocenters. The molecule has 0 aromatic carbocycles. The van der Waals surface area contributed by atoms with Crippen molar-refractivity contribution in [2.45, 2.75) is 38.2 Å². The van der Waals surface area contributed by atoms with Crippen LogP contribution in [0.5, 0.6) is 0 Å². The summed E-state index contributed by atoms with van der Waals surface area (Å²) in [6.45, 7) is 1.98. The molecule has 0 bridgehead atoms. The maximum Gasteiger partial charge on any atom is 0.404 e. The molecule has 5 heteroatoms. The van der Waals surface area contributed by atoms with Crippen LogP contribution in [0.15, 0.2) is 6.07 Å². The predicted molar refractivity (Wildman–Crippen MR) is 54.4 cm³/mol. The van der Waals surface area contributed by atoms with E-state index >= 15 is 0 Å². The molecule has 1 aliphatic carbocycles. The van der Waals surface area contributed by atoms with Crippen LogP contribution in [-0.4, -0.2) is 22.4 Å². The monoisotopic (exact) mass is 209 g/mol. The second-order valence-corrected chi connectivity index (χ2v) is 4.04. The number of hydrogen-bond donors (Lipinski definition) is 2. The van der Waals surface area contributed by atoms with Gasteiger partial charge in [0.15, 0.2) is 0 Å². The number of ether oxygens (including phenoxy) is 1. The third kappa shape index (κ3) is 2.29. The number of aromatic nitrogens is 2. The second kappa shape index (κ2) is 3.92. The average molecular weight is 209 g/mol. The molecule has 0 spiro atoms. The van der Waals surface area contributed by atoms with Crippen LogP contribution in [0, 0.1) is 6.92 Å². The normalized spacial score (nSPS) is 25.4. The number of aryl methyl sites for hydroxylation is 1. The Labute approximate surface area is 88.0 Å². The number of aromatic amines is 1. The molecule has 0 aliphatic heterocycles. The Morgan fingerprint density at radius 3 is 3.07 bits per heavy atom. The standard InChI is InChI=1S/C10H15N3O2/c1-6-4-9(13-12-6)7-2-3-8(5-7)15-10(11)14/h4,7-8H,2-3,5H2,1H3,(H2,11,14)(H,12,13). The molecule has 1 saturated carbocycles. The van der Waals surface area contributed by atoms with Crippen LogP contribution >= 0.6 is 0 Å². The van der Waals surface area contributed by atoms with Gasteiger partial charge in [-0.25, -0.2) is 4.79 Å². The Balaban J connectivity index is 1.95. The van der Waals surface area contributed by atoms with Gasteiger partial charge < -0.3 is 10.5 Å². The summed E-state index contributed by atoms with van der Waals surface area (Å²) in [5.74, 6) is 0.388. The molecule has 2 unspecified atom stereocenters. The first-order valence-electron chi connectivity index (χ1n) is 5.13. The van der Waals surface area contributed by atoms with Crippen molar-refractivity contribution in [3.05, 3.63) is 17.5 Å². The van der Waals surface area contributed by atoms with Gasteiger partial charge in [0, 0.05) is 11.6 Å². The first-order chi connectivity index (χ1) is 7.15. The average Bonchev–Trinajstić information content (AvgIpc) is 2.72. The quantitative estimate of drug-likeness (QED) is 0.773. The van der Waals surface area contributed by atoms with Gasteiger partial charge in [-0.05, 0) is 32.3 Å². The number of primary amides is 1. The van der Waals surface area contributed by atoms with Gasteiger partial charge in [-0.3, -0.25) is 5.10 Å². The summed E-state index contributed by atoms with van der Waals surface area (Å²) in [6.07, 6.45) is 1.98. The number of carbonyl (C=O) groups excluding carboxylic acids is 1. The summed E-state index contributed by atoms with van der Waals surface area (Å²) in [5, 5.41) is 7.13. The van der Waals surface area contributed by atoms with E-state index in [9.17, 15) is 4.79 Å². The highest BCUT2D eigenvalue weighted by Gasteiger charge is 2.29. The molecule has 82 valence electrons. The molecule has 5 nitrogen and oxygen atoms in total. The Kier molecular flexibility index (Phi) is 2.62. The van der Waals surface area contributed by atoms with Crippen LogP contribution in [0.25, 0.3) is 0 Å². The molecule has 3 N–H and O–H groups in total. The second-order valence-electron chi connectivity index (χ2n) is 4.04. The lowest BCUT2D eigenvalue weighted by Crippen LogP contribution is -2.20. The Morgan fingerprint density at radius 1 is 1.67 bits per heavy atom. The first-order valence-corrected chi connectivity index (χ1v) is 5.13. The zero-order chi connectivity index (χ0) is 10.8. The van der Waals surface area contributed by atoms with Gasteiger partial charge in [0.25, 0.3) is 0 Å². The third-order valence-electron chi connectivity index (χ3n) is 2.81. The number of rotatable bonds is 2. The fourth-order valence-corrected chi connectivity index (χ4v) is 2.13. The van der Waals surface area contributed by atoms with Gasteiger partial charge in [-0.1, -0.05) is 0 Å². The molecule has 1 heterocycles. The van der Waals surface area contributed by atoms with Crippen molar-refractivity contribution >= 4 is 6.09 Å².